The van der Waals surface area contributed by atoms with E-state index in [1.54, 1.807) is 0 Å². The molecular weight excluding hydrogens is 216 g/mol. The van der Waals surface area contributed by atoms with Crippen LogP contribution in [-0.4, -0.2) is 23.3 Å². The number of nitrogens with zero attached hydrogens (tertiary/aromatic N) is 1. The Morgan fingerprint density at radius 1 is 1.57 bits per heavy atom. The van der Waals surface area contributed by atoms with Gasteiger partial charge >= 0.3 is 0 Å². The summed E-state index contributed by atoms with van der Waals surface area (Å²) >= 11 is 5.12. The molecule has 0 unspecified atom stereocenters. The molecule has 0 aliphatic carbocycles. The Labute approximate surface area is 83.7 Å². The second kappa shape index (κ2) is 4.85. The van der Waals surface area contributed by atoms with Gasteiger partial charge in [-0.25, -0.2) is 13.8 Å². The molecular formula is C8H6ClF2NO2. The fourth-order valence-corrected chi connectivity index (χ4v) is 0.853. The largest absolute Gasteiger partial charge is 0.486 e. The number of aromatic nitrogens is 1. The van der Waals surface area contributed by atoms with Crippen LogP contribution in [0.25, 0.3) is 0 Å². The first-order valence-electron chi connectivity index (χ1n) is 3.66. The molecule has 0 radical (unpaired) electrons. The number of halogens is 3. The Kier molecular flexibility index (Phi) is 3.76. The Hall–Kier alpha value is -1.23. The van der Waals surface area contributed by atoms with Crippen LogP contribution < -0.4 is 4.74 Å². The van der Waals surface area contributed by atoms with Gasteiger partial charge in [-0.05, 0) is 23.7 Å². The van der Waals surface area contributed by atoms with E-state index < -0.39 is 18.3 Å². The summed E-state index contributed by atoms with van der Waals surface area (Å²) in [6.45, 7) is -0.699. The van der Waals surface area contributed by atoms with E-state index in [4.69, 9.17) is 11.6 Å². The van der Waals surface area contributed by atoms with E-state index in [2.05, 4.69) is 9.72 Å². The quantitative estimate of drug-likeness (QED) is 0.731. The number of hydrogen-bond acceptors (Lipinski definition) is 3. The van der Waals surface area contributed by atoms with Crippen LogP contribution in [0, 0.1) is 0 Å². The third-order valence-electron chi connectivity index (χ3n) is 1.31. The van der Waals surface area contributed by atoms with Gasteiger partial charge in [0.1, 0.15) is 18.1 Å². The molecule has 0 aliphatic heterocycles. The second-order valence-corrected chi connectivity index (χ2v) is 2.70. The molecule has 0 saturated heterocycles. The highest BCUT2D eigenvalue weighted by Crippen LogP contribution is 2.11. The summed E-state index contributed by atoms with van der Waals surface area (Å²) in [6.07, 6.45) is -1.37. The minimum Gasteiger partial charge on any atom is -0.486 e. The van der Waals surface area contributed by atoms with Gasteiger partial charge in [-0.15, -0.1) is 0 Å². The number of rotatable bonds is 4. The zero-order valence-corrected chi connectivity index (χ0v) is 7.67. The average molecular weight is 222 g/mol. The van der Waals surface area contributed by atoms with Crippen LogP contribution in [0.3, 0.4) is 0 Å². The first-order chi connectivity index (χ1) is 6.59. The summed E-state index contributed by atoms with van der Waals surface area (Å²) < 4.78 is 28.0. The van der Waals surface area contributed by atoms with Crippen molar-refractivity contribution in [3.8, 4) is 5.75 Å². The van der Waals surface area contributed by atoms with E-state index in [-0.39, 0.29) is 11.4 Å². The van der Waals surface area contributed by atoms with Crippen LogP contribution in [-0.2, 0) is 0 Å². The van der Waals surface area contributed by atoms with Crippen molar-refractivity contribution in [2.45, 2.75) is 6.43 Å². The van der Waals surface area contributed by atoms with E-state index in [1.807, 2.05) is 0 Å². The Balaban J connectivity index is 2.60. The summed E-state index contributed by atoms with van der Waals surface area (Å²) in [4.78, 5) is 14.2. The molecule has 0 amide bonds. The molecule has 76 valence electrons. The van der Waals surface area contributed by atoms with Crippen molar-refractivity contribution in [2.24, 2.45) is 0 Å². The summed E-state index contributed by atoms with van der Waals surface area (Å²) in [5, 5.41) is -0.703. The molecule has 0 saturated carbocycles. The molecule has 0 spiro atoms. The highest BCUT2D eigenvalue weighted by Gasteiger charge is 2.05. The monoisotopic (exact) mass is 221 g/mol. The van der Waals surface area contributed by atoms with Crippen LogP contribution >= 0.6 is 11.6 Å². The van der Waals surface area contributed by atoms with Crippen molar-refractivity contribution in [3.05, 3.63) is 24.0 Å². The molecule has 14 heavy (non-hydrogen) atoms. The molecule has 6 heteroatoms. The molecule has 0 bridgehead atoms. The van der Waals surface area contributed by atoms with Gasteiger partial charge in [0, 0.05) is 0 Å². The highest BCUT2D eigenvalue weighted by molar-refractivity contribution is 6.67. The lowest BCUT2D eigenvalue weighted by atomic mass is 10.3. The van der Waals surface area contributed by atoms with Crippen LogP contribution in [0.2, 0.25) is 0 Å². The van der Waals surface area contributed by atoms with Gasteiger partial charge in [-0.2, -0.15) is 0 Å². The molecule has 1 aromatic rings. The first-order valence-corrected chi connectivity index (χ1v) is 4.04. The minimum atomic E-state index is -2.54. The highest BCUT2D eigenvalue weighted by atomic mass is 35.5. The van der Waals surface area contributed by atoms with Crippen LogP contribution in [0.1, 0.15) is 10.5 Å². The van der Waals surface area contributed by atoms with Crippen LogP contribution in [0.4, 0.5) is 8.78 Å². The van der Waals surface area contributed by atoms with Crippen molar-refractivity contribution < 1.29 is 18.3 Å². The lowest BCUT2D eigenvalue weighted by molar-refractivity contribution is 0.0816. The number of carbonyl (C=O) groups is 1. The predicted octanol–water partition coefficient (Wildman–Crippen LogP) is 2.10. The normalized spacial score (nSPS) is 10.3. The number of ether oxygens (including phenoxy) is 1. The maximum atomic E-state index is 11.7. The van der Waals surface area contributed by atoms with Gasteiger partial charge in [0.05, 0.1) is 6.20 Å². The maximum Gasteiger partial charge on any atom is 0.272 e. The van der Waals surface area contributed by atoms with E-state index in [0.717, 1.165) is 6.20 Å². The van der Waals surface area contributed by atoms with Crippen molar-refractivity contribution >= 4 is 16.8 Å². The Morgan fingerprint density at radius 2 is 2.29 bits per heavy atom. The van der Waals surface area contributed by atoms with Crippen LogP contribution in [0.5, 0.6) is 5.75 Å². The topological polar surface area (TPSA) is 39.2 Å². The number of alkyl halides is 2. The molecule has 0 fully saturated rings. The lowest BCUT2D eigenvalue weighted by Crippen LogP contribution is -2.07. The van der Waals surface area contributed by atoms with Gasteiger partial charge in [0.25, 0.3) is 11.7 Å². The molecule has 3 nitrogen and oxygen atoms in total. The van der Waals surface area contributed by atoms with Crippen molar-refractivity contribution in [1.29, 1.82) is 0 Å². The molecule has 0 aromatic carbocycles. The SMILES string of the molecule is O=C(Cl)c1ccc(OCC(F)F)cn1. The standard InChI is InChI=1S/C8H6ClF2NO2/c9-8(13)6-2-1-5(3-12-6)14-4-7(10)11/h1-3,7H,4H2. The first kappa shape index (κ1) is 10.8. The third kappa shape index (κ3) is 3.26. The van der Waals surface area contributed by atoms with E-state index in [9.17, 15) is 13.6 Å². The van der Waals surface area contributed by atoms with Crippen molar-refractivity contribution in [2.75, 3.05) is 6.61 Å². The maximum absolute atomic E-state index is 11.7. The lowest BCUT2D eigenvalue weighted by Gasteiger charge is -2.04. The minimum absolute atomic E-state index is 0.0519. The van der Waals surface area contributed by atoms with Gasteiger partial charge in [-0.1, -0.05) is 0 Å². The zero-order chi connectivity index (χ0) is 10.6. The number of carbonyl (C=O) groups excluding carboxylic acids is 1. The van der Waals surface area contributed by atoms with Gasteiger partial charge in [0.15, 0.2) is 0 Å². The molecule has 1 rings (SSSR count). The molecule has 0 aliphatic rings. The summed E-state index contributed by atoms with van der Waals surface area (Å²) in [5.74, 6) is 0.173. The summed E-state index contributed by atoms with van der Waals surface area (Å²) in [5.41, 5.74) is 0.0519. The van der Waals surface area contributed by atoms with Crippen molar-refractivity contribution in [1.82, 2.24) is 4.98 Å². The number of pyridine rings is 1. The van der Waals surface area contributed by atoms with E-state index in [0.29, 0.717) is 0 Å². The van der Waals surface area contributed by atoms with Gasteiger partial charge < -0.3 is 4.74 Å². The fraction of sp³-hybridized carbons (Fsp3) is 0.250. The predicted molar refractivity (Wildman–Crippen MR) is 45.9 cm³/mol. The Bertz CT molecular complexity index is 316. The van der Waals surface area contributed by atoms with E-state index >= 15 is 0 Å². The van der Waals surface area contributed by atoms with Crippen LogP contribution in [0.15, 0.2) is 18.3 Å². The smallest absolute Gasteiger partial charge is 0.272 e. The fourth-order valence-electron chi connectivity index (χ4n) is 0.741. The van der Waals surface area contributed by atoms with Gasteiger partial charge in [0.2, 0.25) is 0 Å². The second-order valence-electron chi connectivity index (χ2n) is 2.35. The summed E-state index contributed by atoms with van der Waals surface area (Å²) in [6, 6.07) is 2.65. The van der Waals surface area contributed by atoms with Gasteiger partial charge in [-0.3, -0.25) is 4.79 Å². The molecule has 1 aromatic heterocycles. The number of hydrogen-bond donors (Lipinski definition) is 0. The van der Waals surface area contributed by atoms with E-state index in [1.165, 1.54) is 12.1 Å². The summed E-state index contributed by atoms with van der Waals surface area (Å²) in [7, 11) is 0. The third-order valence-corrected chi connectivity index (χ3v) is 1.51. The molecule has 0 N–H and O–H groups in total. The molecule has 1 heterocycles. The average Bonchev–Trinajstić information content (AvgIpc) is 2.15. The zero-order valence-electron chi connectivity index (χ0n) is 6.91. The van der Waals surface area contributed by atoms with Crippen molar-refractivity contribution in [3.63, 3.8) is 0 Å². The molecule has 0 atom stereocenters. The Morgan fingerprint density at radius 3 is 2.71 bits per heavy atom.